The number of halogens is 2. The second kappa shape index (κ2) is 7.62. The van der Waals surface area contributed by atoms with Gasteiger partial charge in [-0.3, -0.25) is 4.79 Å². The van der Waals surface area contributed by atoms with E-state index in [1.165, 1.54) is 0 Å². The van der Waals surface area contributed by atoms with E-state index >= 15 is 0 Å². The second-order valence-electron chi connectivity index (χ2n) is 5.18. The molecule has 1 aromatic rings. The Morgan fingerprint density at radius 3 is 2.57 bits per heavy atom. The van der Waals surface area contributed by atoms with E-state index in [0.29, 0.717) is 35.5 Å². The van der Waals surface area contributed by atoms with Gasteiger partial charge < -0.3 is 9.69 Å². The topological polar surface area (TPSA) is 37.4 Å². The zero-order chi connectivity index (χ0) is 15.2. The third-order valence-corrected chi connectivity index (χ3v) is 4.46. The van der Waals surface area contributed by atoms with Crippen molar-refractivity contribution in [1.82, 2.24) is 4.90 Å². The van der Waals surface area contributed by atoms with E-state index in [1.54, 1.807) is 24.3 Å². The van der Waals surface area contributed by atoms with Crippen LogP contribution < -0.4 is 0 Å². The molecule has 1 amide bonds. The summed E-state index contributed by atoms with van der Waals surface area (Å²) in [6, 6.07) is 5.25. The molecule has 0 aliphatic carbocycles. The van der Waals surface area contributed by atoms with Gasteiger partial charge >= 0.3 is 0 Å². The zero-order valence-electron chi connectivity index (χ0n) is 11.6. The van der Waals surface area contributed by atoms with Crippen LogP contribution in [-0.4, -0.2) is 30.2 Å². The quantitative estimate of drug-likeness (QED) is 0.623. The summed E-state index contributed by atoms with van der Waals surface area (Å²) in [7, 11) is 0. The summed E-state index contributed by atoms with van der Waals surface area (Å²) in [5.74, 6) is 0.413. The van der Waals surface area contributed by atoms with Gasteiger partial charge in [0.2, 0.25) is 5.91 Å². The molecule has 1 aromatic carbocycles. The van der Waals surface area contributed by atoms with Crippen molar-refractivity contribution in [1.29, 1.82) is 0 Å². The van der Waals surface area contributed by atoms with Gasteiger partial charge in [0.05, 0.1) is 10.0 Å². The van der Waals surface area contributed by atoms with E-state index in [4.69, 9.17) is 23.2 Å². The van der Waals surface area contributed by atoms with E-state index in [0.717, 1.165) is 24.7 Å². The number of amides is 1. The fourth-order valence-electron chi connectivity index (χ4n) is 2.41. The lowest BCUT2D eigenvalue weighted by atomic mass is 9.94. The van der Waals surface area contributed by atoms with Crippen molar-refractivity contribution in [2.45, 2.75) is 19.3 Å². The molecule has 1 aliphatic rings. The normalized spacial score (nSPS) is 16.4. The fourth-order valence-corrected chi connectivity index (χ4v) is 2.72. The average Bonchev–Trinajstić information content (AvgIpc) is 2.49. The van der Waals surface area contributed by atoms with Crippen LogP contribution in [0.3, 0.4) is 0 Å². The minimum atomic E-state index is -0.00868. The second-order valence-corrected chi connectivity index (χ2v) is 5.99. The number of piperidine rings is 1. The van der Waals surface area contributed by atoms with E-state index in [9.17, 15) is 9.59 Å². The number of rotatable bonds is 4. The molecular formula is C16H17Cl2NO2. The minimum Gasteiger partial charge on any atom is -0.339 e. The predicted molar refractivity (Wildman–Crippen MR) is 85.5 cm³/mol. The van der Waals surface area contributed by atoms with Crippen LogP contribution in [0.1, 0.15) is 24.8 Å². The first-order valence-electron chi connectivity index (χ1n) is 6.96. The summed E-state index contributed by atoms with van der Waals surface area (Å²) in [6.45, 7) is 1.42. The standard InChI is InChI=1S/C16H17Cl2NO2/c17-14-3-1-13(11-15(14)18)2-4-16(21)19-8-5-12(6-9-19)7-10-20/h1-4,10-12H,5-9H2/b4-2+. The maximum atomic E-state index is 12.1. The van der Waals surface area contributed by atoms with Crippen molar-refractivity contribution >= 4 is 41.5 Å². The van der Waals surface area contributed by atoms with Crippen LogP contribution in [0, 0.1) is 5.92 Å². The highest BCUT2D eigenvalue weighted by molar-refractivity contribution is 6.42. The van der Waals surface area contributed by atoms with Gasteiger partial charge in [0.15, 0.2) is 0 Å². The molecule has 1 saturated heterocycles. The van der Waals surface area contributed by atoms with E-state index < -0.39 is 0 Å². The molecule has 0 aromatic heterocycles. The lowest BCUT2D eigenvalue weighted by molar-refractivity contribution is -0.127. The Hall–Kier alpha value is -1.32. The zero-order valence-corrected chi connectivity index (χ0v) is 13.1. The molecule has 0 N–H and O–H groups in total. The highest BCUT2D eigenvalue weighted by Gasteiger charge is 2.20. The number of carbonyl (C=O) groups excluding carboxylic acids is 2. The van der Waals surface area contributed by atoms with Crippen molar-refractivity contribution in [3.63, 3.8) is 0 Å². The van der Waals surface area contributed by atoms with Gasteiger partial charge in [-0.2, -0.15) is 0 Å². The van der Waals surface area contributed by atoms with E-state index in [2.05, 4.69) is 0 Å². The molecule has 3 nitrogen and oxygen atoms in total. The number of aldehydes is 1. The van der Waals surface area contributed by atoms with Gasteiger partial charge in [0.25, 0.3) is 0 Å². The highest BCUT2D eigenvalue weighted by atomic mass is 35.5. The molecule has 0 saturated carbocycles. The molecule has 1 aliphatic heterocycles. The van der Waals surface area contributed by atoms with Crippen molar-refractivity contribution in [2.75, 3.05) is 13.1 Å². The van der Waals surface area contributed by atoms with Gasteiger partial charge in [-0.05, 0) is 42.5 Å². The fraction of sp³-hybridized carbons (Fsp3) is 0.375. The van der Waals surface area contributed by atoms with Crippen LogP contribution >= 0.6 is 23.2 Å². The molecular weight excluding hydrogens is 309 g/mol. The van der Waals surface area contributed by atoms with E-state index in [1.807, 2.05) is 11.0 Å². The van der Waals surface area contributed by atoms with Gasteiger partial charge in [0, 0.05) is 25.6 Å². The Bertz CT molecular complexity index is 549. The summed E-state index contributed by atoms with van der Waals surface area (Å²) in [5.41, 5.74) is 0.841. The predicted octanol–water partition coefficient (Wildman–Crippen LogP) is 3.83. The number of nitrogens with zero attached hydrogens (tertiary/aromatic N) is 1. The Labute approximate surface area is 134 Å². The lowest BCUT2D eigenvalue weighted by Crippen LogP contribution is -2.37. The highest BCUT2D eigenvalue weighted by Crippen LogP contribution is 2.23. The van der Waals surface area contributed by atoms with Gasteiger partial charge in [0.1, 0.15) is 6.29 Å². The van der Waals surface area contributed by atoms with Gasteiger partial charge in [-0.15, -0.1) is 0 Å². The number of likely N-dealkylation sites (tertiary alicyclic amines) is 1. The molecule has 21 heavy (non-hydrogen) atoms. The molecule has 0 unspecified atom stereocenters. The van der Waals surface area contributed by atoms with Crippen LogP contribution in [0.25, 0.3) is 6.08 Å². The van der Waals surface area contributed by atoms with E-state index in [-0.39, 0.29) is 5.91 Å². The first kappa shape index (κ1) is 16.1. The van der Waals surface area contributed by atoms with Crippen LogP contribution in [0.4, 0.5) is 0 Å². The average molecular weight is 326 g/mol. The molecule has 1 fully saturated rings. The molecule has 0 spiro atoms. The Balaban J connectivity index is 1.91. The number of hydrogen-bond donors (Lipinski definition) is 0. The summed E-state index contributed by atoms with van der Waals surface area (Å²) in [6.07, 6.45) is 6.64. The lowest BCUT2D eigenvalue weighted by Gasteiger charge is -2.30. The summed E-state index contributed by atoms with van der Waals surface area (Å²) >= 11 is 11.8. The number of carbonyl (C=O) groups is 2. The maximum Gasteiger partial charge on any atom is 0.246 e. The van der Waals surface area contributed by atoms with Crippen LogP contribution in [-0.2, 0) is 9.59 Å². The third-order valence-electron chi connectivity index (χ3n) is 3.72. The van der Waals surface area contributed by atoms with Crippen LogP contribution in [0.2, 0.25) is 10.0 Å². The minimum absolute atomic E-state index is 0.00868. The van der Waals surface area contributed by atoms with Crippen molar-refractivity contribution in [3.05, 3.63) is 39.9 Å². The molecule has 1 heterocycles. The van der Waals surface area contributed by atoms with Crippen molar-refractivity contribution in [3.8, 4) is 0 Å². The molecule has 5 heteroatoms. The van der Waals surface area contributed by atoms with Crippen molar-refractivity contribution < 1.29 is 9.59 Å². The molecule has 0 radical (unpaired) electrons. The SMILES string of the molecule is O=CCC1CCN(C(=O)/C=C/c2ccc(Cl)c(Cl)c2)CC1. The molecule has 0 atom stereocenters. The first-order valence-corrected chi connectivity index (χ1v) is 7.71. The van der Waals surface area contributed by atoms with Gasteiger partial charge in [-0.25, -0.2) is 0 Å². The van der Waals surface area contributed by atoms with Crippen molar-refractivity contribution in [2.24, 2.45) is 5.92 Å². The number of benzene rings is 1. The van der Waals surface area contributed by atoms with Crippen LogP contribution in [0.15, 0.2) is 24.3 Å². The first-order chi connectivity index (χ1) is 10.1. The summed E-state index contributed by atoms with van der Waals surface area (Å²) < 4.78 is 0. The Morgan fingerprint density at radius 2 is 1.95 bits per heavy atom. The van der Waals surface area contributed by atoms with Crippen LogP contribution in [0.5, 0.6) is 0 Å². The largest absolute Gasteiger partial charge is 0.339 e. The Kier molecular flexibility index (Phi) is 5.83. The monoisotopic (exact) mass is 325 g/mol. The third kappa shape index (κ3) is 4.58. The maximum absolute atomic E-state index is 12.1. The molecule has 112 valence electrons. The summed E-state index contributed by atoms with van der Waals surface area (Å²) in [5, 5.41) is 0.971. The molecule has 2 rings (SSSR count). The molecule has 0 bridgehead atoms. The number of hydrogen-bond acceptors (Lipinski definition) is 2. The summed E-state index contributed by atoms with van der Waals surface area (Å²) in [4.78, 5) is 24.4. The smallest absolute Gasteiger partial charge is 0.246 e. The Morgan fingerprint density at radius 1 is 1.24 bits per heavy atom. The van der Waals surface area contributed by atoms with Gasteiger partial charge in [-0.1, -0.05) is 29.3 Å².